The molecule has 2 amide bonds. The van der Waals surface area contributed by atoms with Crippen molar-refractivity contribution in [3.8, 4) is 0 Å². The van der Waals surface area contributed by atoms with Crippen molar-refractivity contribution in [2.24, 2.45) is 0 Å². The lowest BCUT2D eigenvalue weighted by Gasteiger charge is -2.33. The minimum atomic E-state index is -3.70. The maximum Gasteiger partial charge on any atom is 0.248 e. The van der Waals surface area contributed by atoms with Crippen LogP contribution in [0, 0.1) is 0 Å². The normalized spacial score (nSPS) is 21.8. The molecule has 0 aliphatic carbocycles. The van der Waals surface area contributed by atoms with Crippen LogP contribution in [0.3, 0.4) is 0 Å². The number of sulfonamides is 1. The zero-order valence-corrected chi connectivity index (χ0v) is 23.6. The Labute approximate surface area is 222 Å². The second-order valence-electron chi connectivity index (χ2n) is 8.78. The van der Waals surface area contributed by atoms with Gasteiger partial charge in [-0.1, -0.05) is 19.9 Å². The third kappa shape index (κ3) is 4.55. The summed E-state index contributed by atoms with van der Waals surface area (Å²) in [6.45, 7) is 9.76. The van der Waals surface area contributed by atoms with E-state index in [0.29, 0.717) is 50.5 Å². The highest BCUT2D eigenvalue weighted by Crippen LogP contribution is 2.55. The Bertz CT molecular complexity index is 1210. The summed E-state index contributed by atoms with van der Waals surface area (Å²) < 4.78 is 27.8. The molecule has 2 aromatic rings. The molecule has 11 heteroatoms. The van der Waals surface area contributed by atoms with Crippen LogP contribution in [-0.4, -0.2) is 67.4 Å². The van der Waals surface area contributed by atoms with Crippen molar-refractivity contribution in [3.63, 3.8) is 0 Å². The molecule has 2 aliphatic heterocycles. The largest absolute Gasteiger partial charge is 0.370 e. The summed E-state index contributed by atoms with van der Waals surface area (Å²) in [5.41, 5.74) is 1.21. The zero-order valence-electron chi connectivity index (χ0n) is 21.2. The second kappa shape index (κ2) is 10.7. The number of anilines is 2. The molecule has 0 bridgehead atoms. The van der Waals surface area contributed by atoms with Gasteiger partial charge in [0.1, 0.15) is 10.9 Å². The molecule has 2 atom stereocenters. The molecule has 8 nitrogen and oxygen atoms in total. The van der Waals surface area contributed by atoms with E-state index in [-0.39, 0.29) is 16.7 Å². The number of thiophene rings is 1. The predicted molar refractivity (Wildman–Crippen MR) is 147 cm³/mol. The Balaban J connectivity index is 1.69. The van der Waals surface area contributed by atoms with Gasteiger partial charge >= 0.3 is 0 Å². The van der Waals surface area contributed by atoms with E-state index in [2.05, 4.69) is 10.2 Å². The molecule has 0 saturated carbocycles. The Morgan fingerprint density at radius 3 is 2.47 bits per heavy atom. The quantitative estimate of drug-likeness (QED) is 0.478. The van der Waals surface area contributed by atoms with Gasteiger partial charge in [0.25, 0.3) is 0 Å². The standard InChI is InChI=1S/C25H34N4O4S3/c1-5-27(6-2)20-12-11-18(36(32,33)28(7-3)8-4)16-19(20)26-24(31)21-17-35-25(22-10-9-15-34-22)14-13-23(30)29(21)25/h9-12,15-16,21H,5-8,13-14,17H2,1-4H3,(H,26,31). The molecule has 2 fully saturated rings. The van der Waals surface area contributed by atoms with Crippen LogP contribution in [0.2, 0.25) is 0 Å². The van der Waals surface area contributed by atoms with E-state index in [4.69, 9.17) is 0 Å². The number of carbonyl (C=O) groups is 2. The van der Waals surface area contributed by atoms with Gasteiger partial charge < -0.3 is 15.1 Å². The number of rotatable bonds is 10. The Morgan fingerprint density at radius 1 is 1.14 bits per heavy atom. The van der Waals surface area contributed by atoms with E-state index in [1.807, 2.05) is 31.4 Å². The minimum Gasteiger partial charge on any atom is -0.370 e. The van der Waals surface area contributed by atoms with Gasteiger partial charge in [0, 0.05) is 43.2 Å². The number of thioether (sulfide) groups is 1. The summed E-state index contributed by atoms with van der Waals surface area (Å²) in [7, 11) is -3.70. The lowest BCUT2D eigenvalue weighted by molar-refractivity contribution is -0.136. The van der Waals surface area contributed by atoms with Gasteiger partial charge in [-0.05, 0) is 49.9 Å². The number of fused-ring (bicyclic) bond motifs is 1. The first-order valence-electron chi connectivity index (χ1n) is 12.4. The van der Waals surface area contributed by atoms with E-state index < -0.39 is 20.9 Å². The molecule has 2 aliphatic rings. The van der Waals surface area contributed by atoms with Crippen LogP contribution in [0.1, 0.15) is 45.4 Å². The van der Waals surface area contributed by atoms with Gasteiger partial charge in [-0.3, -0.25) is 9.59 Å². The number of carbonyl (C=O) groups excluding carboxylic acids is 2. The van der Waals surface area contributed by atoms with Crippen LogP contribution in [0.4, 0.5) is 11.4 Å². The molecular formula is C25H34N4O4S3. The van der Waals surface area contributed by atoms with E-state index >= 15 is 0 Å². The SMILES string of the molecule is CCN(CC)c1ccc(S(=O)(=O)N(CC)CC)cc1NC(=O)C1CSC2(c3cccs3)CCC(=O)N12. The summed E-state index contributed by atoms with van der Waals surface area (Å²) in [6.07, 6.45) is 1.10. The first-order valence-corrected chi connectivity index (χ1v) is 15.7. The number of hydrogen-bond acceptors (Lipinski definition) is 7. The summed E-state index contributed by atoms with van der Waals surface area (Å²) in [5.74, 6) is 0.186. The van der Waals surface area contributed by atoms with Crippen LogP contribution < -0.4 is 10.2 Å². The fourth-order valence-corrected chi connectivity index (χ4v) is 9.34. The van der Waals surface area contributed by atoms with Crippen LogP contribution in [0.5, 0.6) is 0 Å². The highest BCUT2D eigenvalue weighted by atomic mass is 32.2. The van der Waals surface area contributed by atoms with Gasteiger partial charge in [-0.15, -0.1) is 23.1 Å². The monoisotopic (exact) mass is 550 g/mol. The number of amides is 2. The highest BCUT2D eigenvalue weighted by Gasteiger charge is 2.57. The average Bonchev–Trinajstić information content (AvgIpc) is 3.59. The van der Waals surface area contributed by atoms with E-state index in [0.717, 1.165) is 10.6 Å². The smallest absolute Gasteiger partial charge is 0.248 e. The Hall–Kier alpha value is -2.08. The molecule has 3 heterocycles. The summed E-state index contributed by atoms with van der Waals surface area (Å²) in [6, 6.07) is 8.30. The molecule has 0 spiro atoms. The second-order valence-corrected chi connectivity index (χ2v) is 13.0. The van der Waals surface area contributed by atoms with E-state index in [1.54, 1.807) is 60.0 Å². The molecule has 1 N–H and O–H groups in total. The van der Waals surface area contributed by atoms with Gasteiger partial charge in [-0.2, -0.15) is 4.31 Å². The molecule has 0 radical (unpaired) electrons. The summed E-state index contributed by atoms with van der Waals surface area (Å²) >= 11 is 3.25. The van der Waals surface area contributed by atoms with Gasteiger partial charge in [-0.25, -0.2) is 8.42 Å². The molecule has 4 rings (SSSR count). The van der Waals surface area contributed by atoms with Crippen molar-refractivity contribution in [2.75, 3.05) is 42.1 Å². The summed E-state index contributed by atoms with van der Waals surface area (Å²) in [5, 5.41) is 5.01. The minimum absolute atomic E-state index is 0.0182. The third-order valence-electron chi connectivity index (χ3n) is 7.01. The molecule has 196 valence electrons. The van der Waals surface area contributed by atoms with Crippen LogP contribution in [0.25, 0.3) is 0 Å². The zero-order chi connectivity index (χ0) is 26.1. The van der Waals surface area contributed by atoms with E-state index in [9.17, 15) is 18.0 Å². The first kappa shape index (κ1) is 27.0. The molecule has 1 aromatic carbocycles. The van der Waals surface area contributed by atoms with Crippen molar-refractivity contribution in [2.45, 2.75) is 56.3 Å². The van der Waals surface area contributed by atoms with Crippen LogP contribution in [-0.2, 0) is 24.5 Å². The maximum atomic E-state index is 13.7. The van der Waals surface area contributed by atoms with Crippen molar-refractivity contribution < 1.29 is 18.0 Å². The number of nitrogens with zero attached hydrogens (tertiary/aromatic N) is 3. The predicted octanol–water partition coefficient (Wildman–Crippen LogP) is 4.15. The number of benzene rings is 1. The topological polar surface area (TPSA) is 90.0 Å². The fourth-order valence-electron chi connectivity index (χ4n) is 5.13. The molecule has 2 unspecified atom stereocenters. The lowest BCUT2D eigenvalue weighted by atomic mass is 10.1. The number of hydrogen-bond donors (Lipinski definition) is 1. The maximum absolute atomic E-state index is 13.7. The highest BCUT2D eigenvalue weighted by molar-refractivity contribution is 8.00. The Kier molecular flexibility index (Phi) is 8.04. The van der Waals surface area contributed by atoms with E-state index in [1.165, 1.54) is 4.31 Å². The van der Waals surface area contributed by atoms with Crippen molar-refractivity contribution in [1.82, 2.24) is 9.21 Å². The van der Waals surface area contributed by atoms with Crippen molar-refractivity contribution in [3.05, 3.63) is 40.6 Å². The van der Waals surface area contributed by atoms with Crippen molar-refractivity contribution in [1.29, 1.82) is 0 Å². The van der Waals surface area contributed by atoms with Crippen molar-refractivity contribution >= 4 is 56.3 Å². The lowest BCUT2D eigenvalue weighted by Crippen LogP contribution is -2.47. The van der Waals surface area contributed by atoms with Crippen LogP contribution in [0.15, 0.2) is 40.6 Å². The molecule has 1 aromatic heterocycles. The molecular weight excluding hydrogens is 517 g/mol. The average molecular weight is 551 g/mol. The first-order chi connectivity index (χ1) is 17.2. The molecule has 36 heavy (non-hydrogen) atoms. The Morgan fingerprint density at radius 2 is 1.86 bits per heavy atom. The van der Waals surface area contributed by atoms with Gasteiger partial charge in [0.15, 0.2) is 0 Å². The fraction of sp³-hybridized carbons (Fsp3) is 0.520. The molecule has 2 saturated heterocycles. The van der Waals surface area contributed by atoms with Crippen LogP contribution >= 0.6 is 23.1 Å². The summed E-state index contributed by atoms with van der Waals surface area (Å²) in [4.78, 5) is 31.2. The van der Waals surface area contributed by atoms with Gasteiger partial charge in [0.05, 0.1) is 16.3 Å². The third-order valence-corrected chi connectivity index (χ3v) is 11.8. The van der Waals surface area contributed by atoms with Gasteiger partial charge in [0.2, 0.25) is 21.8 Å². The number of nitrogens with one attached hydrogen (secondary N) is 1.